The number of aryl methyl sites for hydroxylation is 1. The highest BCUT2D eigenvalue weighted by Crippen LogP contribution is 2.34. The van der Waals surface area contributed by atoms with E-state index in [9.17, 15) is 24.8 Å². The van der Waals surface area contributed by atoms with Crippen LogP contribution >= 0.6 is 0 Å². The summed E-state index contributed by atoms with van der Waals surface area (Å²) in [6.07, 6.45) is 1.63. The standard InChI is InChI=1S/C18H20N4O5/c1-18(2,10-23)21-9-13-14(16(24)20(4)17(25)19(13)3)15(21)11-6-5-7-12(8-11)22(26)27/h5-9,23H,10H2,1-4H3. The monoisotopic (exact) mass is 372 g/mol. The molecule has 2 aromatic heterocycles. The highest BCUT2D eigenvalue weighted by atomic mass is 16.6. The van der Waals surface area contributed by atoms with Crippen LogP contribution in [0.25, 0.3) is 22.2 Å². The molecule has 0 fully saturated rings. The summed E-state index contributed by atoms with van der Waals surface area (Å²) in [5.74, 6) is 0. The number of hydrogen-bond acceptors (Lipinski definition) is 5. The van der Waals surface area contributed by atoms with Crippen molar-refractivity contribution in [2.24, 2.45) is 14.1 Å². The highest BCUT2D eigenvalue weighted by molar-refractivity contribution is 5.94. The molecule has 0 bridgehead atoms. The zero-order valence-corrected chi connectivity index (χ0v) is 15.5. The lowest BCUT2D eigenvalue weighted by Gasteiger charge is -2.27. The zero-order chi connectivity index (χ0) is 20.1. The van der Waals surface area contributed by atoms with Gasteiger partial charge in [0.1, 0.15) is 0 Å². The van der Waals surface area contributed by atoms with Gasteiger partial charge in [0.25, 0.3) is 11.2 Å². The van der Waals surface area contributed by atoms with E-state index in [1.807, 2.05) is 0 Å². The predicted molar refractivity (Wildman–Crippen MR) is 101 cm³/mol. The third-order valence-electron chi connectivity index (χ3n) is 4.81. The Morgan fingerprint density at radius 1 is 1.19 bits per heavy atom. The van der Waals surface area contributed by atoms with E-state index in [1.165, 1.54) is 29.8 Å². The lowest BCUT2D eigenvalue weighted by atomic mass is 10.0. The van der Waals surface area contributed by atoms with Crippen LogP contribution in [-0.4, -0.2) is 30.3 Å². The molecule has 9 nitrogen and oxygen atoms in total. The molecule has 0 unspecified atom stereocenters. The molecule has 142 valence electrons. The van der Waals surface area contributed by atoms with Crippen molar-refractivity contribution in [3.05, 3.63) is 61.4 Å². The second-order valence-corrected chi connectivity index (χ2v) is 7.09. The van der Waals surface area contributed by atoms with Crippen LogP contribution in [-0.2, 0) is 19.6 Å². The molecule has 0 radical (unpaired) electrons. The van der Waals surface area contributed by atoms with Gasteiger partial charge >= 0.3 is 5.69 Å². The first kappa shape index (κ1) is 18.6. The maximum atomic E-state index is 12.9. The summed E-state index contributed by atoms with van der Waals surface area (Å²) >= 11 is 0. The average molecular weight is 372 g/mol. The van der Waals surface area contributed by atoms with Gasteiger partial charge < -0.3 is 9.67 Å². The van der Waals surface area contributed by atoms with Gasteiger partial charge in [-0.15, -0.1) is 0 Å². The fraction of sp³-hybridized carbons (Fsp3) is 0.333. The predicted octanol–water partition coefficient (Wildman–Crippen LogP) is 1.34. The summed E-state index contributed by atoms with van der Waals surface area (Å²) in [6, 6.07) is 5.94. The number of nitro groups is 1. The van der Waals surface area contributed by atoms with E-state index in [0.717, 1.165) is 4.57 Å². The van der Waals surface area contributed by atoms with Crippen LogP contribution in [0.15, 0.2) is 40.1 Å². The molecule has 1 N–H and O–H groups in total. The van der Waals surface area contributed by atoms with Gasteiger partial charge in [0.2, 0.25) is 0 Å². The van der Waals surface area contributed by atoms with Crippen LogP contribution in [0.1, 0.15) is 13.8 Å². The van der Waals surface area contributed by atoms with Crippen LogP contribution in [0.3, 0.4) is 0 Å². The van der Waals surface area contributed by atoms with Crippen LogP contribution in [0.5, 0.6) is 0 Å². The van der Waals surface area contributed by atoms with E-state index in [1.54, 1.807) is 37.7 Å². The molecular formula is C18H20N4O5. The summed E-state index contributed by atoms with van der Waals surface area (Å²) in [5, 5.41) is 21.3. The van der Waals surface area contributed by atoms with Crippen molar-refractivity contribution >= 4 is 16.6 Å². The minimum absolute atomic E-state index is 0.114. The second-order valence-electron chi connectivity index (χ2n) is 7.09. The van der Waals surface area contributed by atoms with Crippen LogP contribution in [0, 0.1) is 10.1 Å². The largest absolute Gasteiger partial charge is 0.394 e. The van der Waals surface area contributed by atoms with Crippen LogP contribution in [0.4, 0.5) is 5.69 Å². The molecule has 0 atom stereocenters. The number of rotatable bonds is 4. The summed E-state index contributed by atoms with van der Waals surface area (Å²) < 4.78 is 4.04. The quantitative estimate of drug-likeness (QED) is 0.549. The molecule has 0 amide bonds. The van der Waals surface area contributed by atoms with Crippen molar-refractivity contribution in [2.45, 2.75) is 19.4 Å². The third kappa shape index (κ3) is 2.76. The molecule has 3 rings (SSSR count). The summed E-state index contributed by atoms with van der Waals surface area (Å²) in [5.41, 5.74) is -0.623. The Kier molecular flexibility index (Phi) is 4.27. The number of aliphatic hydroxyl groups is 1. The first-order valence-electron chi connectivity index (χ1n) is 8.27. The average Bonchev–Trinajstić information content (AvgIpc) is 3.06. The van der Waals surface area contributed by atoms with Crippen LogP contribution in [0.2, 0.25) is 0 Å². The first-order valence-corrected chi connectivity index (χ1v) is 8.27. The lowest BCUT2D eigenvalue weighted by Crippen LogP contribution is -2.36. The van der Waals surface area contributed by atoms with Crippen molar-refractivity contribution in [1.29, 1.82) is 0 Å². The van der Waals surface area contributed by atoms with Gasteiger partial charge in [0, 0.05) is 38.0 Å². The fourth-order valence-corrected chi connectivity index (χ4v) is 3.14. The third-order valence-corrected chi connectivity index (χ3v) is 4.81. The van der Waals surface area contributed by atoms with E-state index >= 15 is 0 Å². The van der Waals surface area contributed by atoms with Gasteiger partial charge in [-0.25, -0.2) is 4.79 Å². The molecule has 1 aromatic carbocycles. The summed E-state index contributed by atoms with van der Waals surface area (Å²) in [7, 11) is 2.94. The molecule has 27 heavy (non-hydrogen) atoms. The Bertz CT molecular complexity index is 1180. The lowest BCUT2D eigenvalue weighted by molar-refractivity contribution is -0.384. The van der Waals surface area contributed by atoms with Gasteiger partial charge in [-0.3, -0.25) is 24.0 Å². The Morgan fingerprint density at radius 3 is 2.44 bits per heavy atom. The minimum Gasteiger partial charge on any atom is -0.394 e. The zero-order valence-electron chi connectivity index (χ0n) is 15.5. The molecule has 0 aliphatic rings. The molecule has 0 saturated carbocycles. The molecule has 2 heterocycles. The Hall–Kier alpha value is -3.20. The number of aliphatic hydroxyl groups excluding tert-OH is 1. The molecule has 9 heteroatoms. The van der Waals surface area contributed by atoms with E-state index < -0.39 is 21.7 Å². The van der Waals surface area contributed by atoms with E-state index in [4.69, 9.17) is 0 Å². The van der Waals surface area contributed by atoms with Gasteiger partial charge in [0.15, 0.2) is 0 Å². The van der Waals surface area contributed by atoms with Crippen molar-refractivity contribution in [3.63, 3.8) is 0 Å². The van der Waals surface area contributed by atoms with Gasteiger partial charge in [-0.1, -0.05) is 12.1 Å². The fourth-order valence-electron chi connectivity index (χ4n) is 3.14. The van der Waals surface area contributed by atoms with E-state index in [0.29, 0.717) is 16.8 Å². The first-order chi connectivity index (χ1) is 12.6. The second kappa shape index (κ2) is 6.20. The van der Waals surface area contributed by atoms with E-state index in [-0.39, 0.29) is 17.7 Å². The number of aromatic nitrogens is 3. The van der Waals surface area contributed by atoms with Crippen molar-refractivity contribution in [1.82, 2.24) is 13.7 Å². The molecule has 0 spiro atoms. The van der Waals surface area contributed by atoms with Crippen molar-refractivity contribution in [2.75, 3.05) is 6.61 Å². The molecule has 3 aromatic rings. The van der Waals surface area contributed by atoms with Crippen molar-refractivity contribution < 1.29 is 10.0 Å². The Labute approximate surface area is 153 Å². The Balaban J connectivity index is 2.55. The smallest absolute Gasteiger partial charge is 0.330 e. The molecule has 0 saturated heterocycles. The molecule has 0 aliphatic carbocycles. The maximum Gasteiger partial charge on any atom is 0.330 e. The number of nitrogens with zero attached hydrogens (tertiary/aromatic N) is 4. The van der Waals surface area contributed by atoms with E-state index in [2.05, 4.69) is 0 Å². The van der Waals surface area contributed by atoms with Gasteiger partial charge in [0.05, 0.1) is 33.7 Å². The highest BCUT2D eigenvalue weighted by Gasteiger charge is 2.28. The molecular weight excluding hydrogens is 352 g/mol. The topological polar surface area (TPSA) is 112 Å². The SMILES string of the molecule is Cn1c(=O)c2c(-c3cccc([N+](=O)[O-])c3)n(C(C)(C)CO)cc2n(C)c1=O. The summed E-state index contributed by atoms with van der Waals surface area (Å²) in [4.78, 5) is 35.9. The summed E-state index contributed by atoms with van der Waals surface area (Å²) in [6.45, 7) is 3.31. The molecule has 0 aliphatic heterocycles. The Morgan fingerprint density at radius 2 is 1.85 bits per heavy atom. The number of nitro benzene ring substituents is 1. The number of hydrogen-bond donors (Lipinski definition) is 1. The van der Waals surface area contributed by atoms with Gasteiger partial charge in [-0.2, -0.15) is 0 Å². The minimum atomic E-state index is -0.806. The maximum absolute atomic E-state index is 12.9. The van der Waals surface area contributed by atoms with Gasteiger partial charge in [-0.05, 0) is 13.8 Å². The number of benzene rings is 1. The van der Waals surface area contributed by atoms with Crippen LogP contribution < -0.4 is 11.2 Å². The number of fused-ring (bicyclic) bond motifs is 1. The normalized spacial score (nSPS) is 11.9. The van der Waals surface area contributed by atoms with Crippen molar-refractivity contribution in [3.8, 4) is 11.3 Å². The number of non-ortho nitro benzene ring substituents is 1.